The van der Waals surface area contributed by atoms with Crippen LogP contribution in [0.4, 0.5) is 4.79 Å². The Bertz CT molecular complexity index is 950. The predicted octanol–water partition coefficient (Wildman–Crippen LogP) is 4.51. The highest BCUT2D eigenvalue weighted by Crippen LogP contribution is 2.44. The molecule has 0 aromatic carbocycles. The van der Waals surface area contributed by atoms with E-state index in [1.165, 1.54) is 18.4 Å². The van der Waals surface area contributed by atoms with Crippen LogP contribution in [0.25, 0.3) is 0 Å². The van der Waals surface area contributed by atoms with E-state index in [1.807, 2.05) is 12.2 Å². The summed E-state index contributed by atoms with van der Waals surface area (Å²) in [5, 5.41) is 1.67. The topological polar surface area (TPSA) is 71.1 Å². The molecule has 7 nitrogen and oxygen atoms in total. The number of carbonyl (C=O) groups excluding carboxylic acids is 2. The molecule has 5 unspecified atom stereocenters. The molecule has 1 heterocycles. The van der Waals surface area contributed by atoms with Crippen LogP contribution in [-0.4, -0.2) is 66.4 Å². The smallest absolute Gasteiger partial charge is 0.424 e. The molecule has 5 aliphatic carbocycles. The van der Waals surface area contributed by atoms with Gasteiger partial charge in [-0.1, -0.05) is 29.9 Å². The zero-order valence-electron chi connectivity index (χ0n) is 21.6. The standard InChI is InChI=1S/C29H41N3O4/c1-35-27-16-21(20-7-8-20)9-13-25(27)28(33)32(23-10-11-23)24-12-14-26-22(15-24)17-31(30-26)29(34)36-18-19-5-3-2-4-6-19/h2-3,5,16,20,22-27,30H,4,6-15,17-18H2,1H3. The molecule has 36 heavy (non-hydrogen) atoms. The monoisotopic (exact) mass is 495 g/mol. The van der Waals surface area contributed by atoms with Crippen LogP contribution in [0.1, 0.15) is 70.6 Å². The second-order valence-corrected chi connectivity index (χ2v) is 11.8. The average Bonchev–Trinajstić information content (AvgIpc) is 3.85. The Balaban J connectivity index is 1.07. The normalized spacial score (nSPS) is 34.0. The minimum Gasteiger partial charge on any atom is -0.444 e. The first-order valence-corrected chi connectivity index (χ1v) is 14.2. The zero-order valence-corrected chi connectivity index (χ0v) is 21.6. The van der Waals surface area contributed by atoms with Crippen LogP contribution in [0.3, 0.4) is 0 Å². The molecule has 2 amide bonds. The van der Waals surface area contributed by atoms with E-state index in [9.17, 15) is 9.59 Å². The SMILES string of the molecule is COC1C=C(C2CC2)CCC1C(=O)N(C1CC1)C1CCC2NN(C(=O)OCC3=CC=CCC3)CC2C1. The van der Waals surface area contributed by atoms with Crippen LogP contribution in [-0.2, 0) is 14.3 Å². The van der Waals surface area contributed by atoms with Gasteiger partial charge < -0.3 is 14.4 Å². The number of carbonyl (C=O) groups is 2. The molecule has 1 saturated heterocycles. The third kappa shape index (κ3) is 5.14. The number of amides is 2. The number of hydrogen-bond donors (Lipinski definition) is 1. The zero-order chi connectivity index (χ0) is 24.6. The molecule has 0 bridgehead atoms. The first kappa shape index (κ1) is 24.2. The lowest BCUT2D eigenvalue weighted by molar-refractivity contribution is -0.144. The van der Waals surface area contributed by atoms with Gasteiger partial charge in [0.1, 0.15) is 6.61 Å². The Morgan fingerprint density at radius 1 is 1.08 bits per heavy atom. The molecule has 6 aliphatic rings. The maximum atomic E-state index is 13.9. The van der Waals surface area contributed by atoms with E-state index >= 15 is 0 Å². The molecule has 3 saturated carbocycles. The van der Waals surface area contributed by atoms with Crippen LogP contribution in [0.2, 0.25) is 0 Å². The third-order valence-corrected chi connectivity index (χ3v) is 9.19. The minimum atomic E-state index is -0.282. The van der Waals surface area contributed by atoms with E-state index in [-0.39, 0.29) is 30.2 Å². The van der Waals surface area contributed by atoms with Gasteiger partial charge in [0.05, 0.1) is 12.0 Å². The second-order valence-electron chi connectivity index (χ2n) is 11.8. The Morgan fingerprint density at radius 3 is 2.64 bits per heavy atom. The van der Waals surface area contributed by atoms with Crippen molar-refractivity contribution in [3.05, 3.63) is 35.5 Å². The Kier molecular flexibility index (Phi) is 6.95. The van der Waals surface area contributed by atoms with E-state index in [2.05, 4.69) is 22.5 Å². The number of methoxy groups -OCH3 is 1. The molecule has 1 aliphatic heterocycles. The number of hydrogen-bond acceptors (Lipinski definition) is 5. The number of allylic oxidation sites excluding steroid dienone is 4. The summed E-state index contributed by atoms with van der Waals surface area (Å²) in [7, 11) is 1.75. The summed E-state index contributed by atoms with van der Waals surface area (Å²) in [6, 6.07) is 0.931. The van der Waals surface area contributed by atoms with Gasteiger partial charge in [-0.2, -0.15) is 0 Å². The summed E-state index contributed by atoms with van der Waals surface area (Å²) >= 11 is 0. The highest BCUT2D eigenvalue weighted by atomic mass is 16.6. The molecule has 0 radical (unpaired) electrons. The fourth-order valence-electron chi connectivity index (χ4n) is 6.87. The number of fused-ring (bicyclic) bond motifs is 1. The number of rotatable bonds is 7. The fourth-order valence-corrected chi connectivity index (χ4v) is 6.87. The van der Waals surface area contributed by atoms with E-state index in [4.69, 9.17) is 9.47 Å². The van der Waals surface area contributed by atoms with Gasteiger partial charge in [0.15, 0.2) is 0 Å². The van der Waals surface area contributed by atoms with Crippen LogP contribution < -0.4 is 5.43 Å². The quantitative estimate of drug-likeness (QED) is 0.526. The van der Waals surface area contributed by atoms with Gasteiger partial charge in [-0.3, -0.25) is 4.79 Å². The number of ether oxygens (including phenoxy) is 2. The summed E-state index contributed by atoms with van der Waals surface area (Å²) < 4.78 is 11.5. The van der Waals surface area contributed by atoms with Gasteiger partial charge in [-0.15, -0.1) is 0 Å². The lowest BCUT2D eigenvalue weighted by Crippen LogP contribution is -2.51. The van der Waals surface area contributed by atoms with Gasteiger partial charge in [0.25, 0.3) is 0 Å². The lowest BCUT2D eigenvalue weighted by Gasteiger charge is -2.41. The van der Waals surface area contributed by atoms with Crippen molar-refractivity contribution in [2.24, 2.45) is 17.8 Å². The van der Waals surface area contributed by atoms with E-state index in [1.54, 1.807) is 12.1 Å². The van der Waals surface area contributed by atoms with Gasteiger partial charge in [-0.05, 0) is 88.0 Å². The Hall–Kier alpha value is -2.12. The molecule has 0 aromatic heterocycles. The van der Waals surface area contributed by atoms with Gasteiger partial charge in [0, 0.05) is 31.8 Å². The van der Waals surface area contributed by atoms with E-state index < -0.39 is 0 Å². The molecule has 7 heteroatoms. The highest BCUT2D eigenvalue weighted by molar-refractivity contribution is 5.81. The van der Waals surface area contributed by atoms with E-state index in [0.29, 0.717) is 31.0 Å². The first-order chi connectivity index (χ1) is 17.6. The van der Waals surface area contributed by atoms with Crippen LogP contribution in [0.5, 0.6) is 0 Å². The van der Waals surface area contributed by atoms with Crippen LogP contribution in [0, 0.1) is 17.8 Å². The molecule has 6 rings (SSSR count). The van der Waals surface area contributed by atoms with Crippen molar-refractivity contribution in [3.63, 3.8) is 0 Å². The number of nitrogens with one attached hydrogen (secondary N) is 1. The second kappa shape index (κ2) is 10.3. The molecule has 5 atom stereocenters. The molecule has 0 spiro atoms. The fraction of sp³-hybridized carbons (Fsp3) is 0.724. The van der Waals surface area contributed by atoms with Gasteiger partial charge >= 0.3 is 6.09 Å². The molecular weight excluding hydrogens is 454 g/mol. The van der Waals surface area contributed by atoms with Crippen molar-refractivity contribution in [3.8, 4) is 0 Å². The van der Waals surface area contributed by atoms with Crippen LogP contribution in [0.15, 0.2) is 35.5 Å². The summed E-state index contributed by atoms with van der Waals surface area (Å²) in [4.78, 5) is 28.9. The summed E-state index contributed by atoms with van der Waals surface area (Å²) in [6.45, 7) is 1.02. The molecule has 0 aromatic rings. The number of hydrazine groups is 1. The van der Waals surface area contributed by atoms with Crippen molar-refractivity contribution in [1.82, 2.24) is 15.3 Å². The van der Waals surface area contributed by atoms with E-state index in [0.717, 1.165) is 69.3 Å². The average molecular weight is 496 g/mol. The van der Waals surface area contributed by atoms with Crippen molar-refractivity contribution in [2.45, 2.75) is 94.9 Å². The maximum absolute atomic E-state index is 13.9. The molecular formula is C29H41N3O4. The Morgan fingerprint density at radius 2 is 1.92 bits per heavy atom. The number of nitrogens with zero attached hydrogens (tertiary/aromatic N) is 2. The van der Waals surface area contributed by atoms with Crippen molar-refractivity contribution < 1.29 is 19.1 Å². The van der Waals surface area contributed by atoms with Crippen molar-refractivity contribution in [1.29, 1.82) is 0 Å². The highest BCUT2D eigenvalue weighted by Gasteiger charge is 2.47. The molecule has 196 valence electrons. The summed E-state index contributed by atoms with van der Waals surface area (Å²) in [5.41, 5.74) is 6.09. The largest absolute Gasteiger partial charge is 0.444 e. The summed E-state index contributed by atoms with van der Waals surface area (Å²) in [5.74, 6) is 1.34. The van der Waals surface area contributed by atoms with Gasteiger partial charge in [0.2, 0.25) is 5.91 Å². The predicted molar refractivity (Wildman–Crippen MR) is 137 cm³/mol. The molecule has 1 N–H and O–H groups in total. The van der Waals surface area contributed by atoms with Gasteiger partial charge in [-0.25, -0.2) is 15.2 Å². The van der Waals surface area contributed by atoms with Crippen molar-refractivity contribution >= 4 is 12.0 Å². The Labute approximate surface area is 214 Å². The molecule has 4 fully saturated rings. The third-order valence-electron chi connectivity index (χ3n) is 9.19. The maximum Gasteiger partial charge on any atom is 0.424 e. The summed E-state index contributed by atoms with van der Waals surface area (Å²) in [6.07, 6.45) is 19.8. The first-order valence-electron chi connectivity index (χ1n) is 14.2. The minimum absolute atomic E-state index is 0.0621. The van der Waals surface area contributed by atoms with Crippen molar-refractivity contribution in [2.75, 3.05) is 20.3 Å². The lowest BCUT2D eigenvalue weighted by atomic mass is 9.80. The van der Waals surface area contributed by atoms with Crippen LogP contribution >= 0.6 is 0 Å².